The molecule has 0 spiro atoms. The summed E-state index contributed by atoms with van der Waals surface area (Å²) in [5.74, 6) is 0.676. The molecule has 0 radical (unpaired) electrons. The van der Waals surface area contributed by atoms with Crippen molar-refractivity contribution < 1.29 is 47.6 Å². The molecule has 2 saturated carbocycles. The summed E-state index contributed by atoms with van der Waals surface area (Å²) in [5, 5.41) is 0. The van der Waals surface area contributed by atoms with Crippen molar-refractivity contribution in [2.45, 2.75) is 181 Å². The van der Waals surface area contributed by atoms with Gasteiger partial charge in [0, 0.05) is 0 Å². The number of hydrogen-bond acceptors (Lipinski definition) is 10. The third-order valence-electron chi connectivity index (χ3n) is 12.7. The highest BCUT2D eigenvalue weighted by atomic mass is 16.6. The SMILES string of the molecule is CCCCCC1CCC(CCCOc2ccc(C(=O)O[C@@H](C(=O)OCCC)[C@@H](OC(=O)c3ccc(OCCCC4CCC(CCCCC)CC4)cc3)C(=O)OCCC)cc2)CC1. The van der Waals surface area contributed by atoms with Gasteiger partial charge in [-0.05, 0) is 111 Å². The number of rotatable bonds is 29. The molecule has 10 heteroatoms. The number of carbonyl (C=O) groups is 4. The summed E-state index contributed by atoms with van der Waals surface area (Å²) >= 11 is 0. The molecule has 0 unspecified atom stereocenters. The highest BCUT2D eigenvalue weighted by molar-refractivity contribution is 5.96. The van der Waals surface area contributed by atoms with E-state index in [0.29, 0.717) is 37.6 Å². The summed E-state index contributed by atoms with van der Waals surface area (Å²) in [4.78, 5) is 53.8. The van der Waals surface area contributed by atoms with Crippen LogP contribution in [0, 0.1) is 23.7 Å². The lowest BCUT2D eigenvalue weighted by Crippen LogP contribution is -2.47. The van der Waals surface area contributed by atoms with Crippen molar-refractivity contribution in [2.24, 2.45) is 23.7 Å². The highest BCUT2D eigenvalue weighted by Crippen LogP contribution is 2.35. The van der Waals surface area contributed by atoms with Crippen LogP contribution >= 0.6 is 0 Å². The van der Waals surface area contributed by atoms with Gasteiger partial charge in [-0.3, -0.25) is 0 Å². The fourth-order valence-corrected chi connectivity index (χ4v) is 8.89. The van der Waals surface area contributed by atoms with Gasteiger partial charge >= 0.3 is 23.9 Å². The maximum Gasteiger partial charge on any atom is 0.352 e. The minimum Gasteiger partial charge on any atom is -0.494 e. The molecule has 2 aromatic carbocycles. The second-order valence-electron chi connectivity index (χ2n) is 17.8. The molecule has 0 aromatic heterocycles. The molecule has 0 N–H and O–H groups in total. The highest BCUT2D eigenvalue weighted by Gasteiger charge is 2.43. The van der Waals surface area contributed by atoms with E-state index in [1.165, 1.54) is 127 Å². The summed E-state index contributed by atoms with van der Waals surface area (Å²) in [6, 6.07) is 12.8. The third-order valence-corrected chi connectivity index (χ3v) is 12.7. The van der Waals surface area contributed by atoms with E-state index in [2.05, 4.69) is 13.8 Å². The van der Waals surface area contributed by atoms with Crippen LogP contribution in [0.2, 0.25) is 0 Å². The zero-order chi connectivity index (χ0) is 44.4. The van der Waals surface area contributed by atoms with Crippen molar-refractivity contribution in [3.05, 3.63) is 59.7 Å². The Labute approximate surface area is 372 Å². The summed E-state index contributed by atoms with van der Waals surface area (Å²) in [6.07, 6.45) is 22.7. The van der Waals surface area contributed by atoms with E-state index in [1.807, 2.05) is 0 Å². The number of esters is 4. The molecule has 0 amide bonds. The molecule has 62 heavy (non-hydrogen) atoms. The van der Waals surface area contributed by atoms with Crippen molar-refractivity contribution in [3.8, 4) is 11.5 Å². The van der Waals surface area contributed by atoms with Crippen molar-refractivity contribution in [2.75, 3.05) is 26.4 Å². The Hall–Kier alpha value is -4.08. The number of ether oxygens (including phenoxy) is 6. The van der Waals surface area contributed by atoms with Gasteiger partial charge in [0.05, 0.1) is 37.6 Å². The lowest BCUT2D eigenvalue weighted by molar-refractivity contribution is -0.174. The molecule has 2 aromatic rings. The Balaban J connectivity index is 1.28. The summed E-state index contributed by atoms with van der Waals surface area (Å²) in [6.45, 7) is 9.30. The average Bonchev–Trinajstić information content (AvgIpc) is 3.30. The number of hydrogen-bond donors (Lipinski definition) is 0. The number of carbonyl (C=O) groups excluding carboxylic acids is 4. The number of unbranched alkanes of at least 4 members (excludes halogenated alkanes) is 4. The summed E-state index contributed by atoms with van der Waals surface area (Å²) < 4.78 is 33.9. The Kier molecular flexibility index (Phi) is 23.9. The fourth-order valence-electron chi connectivity index (χ4n) is 8.89. The predicted molar refractivity (Wildman–Crippen MR) is 242 cm³/mol. The first-order valence-corrected chi connectivity index (χ1v) is 24.4. The molecule has 0 saturated heterocycles. The maximum atomic E-state index is 13.5. The molecule has 10 nitrogen and oxygen atoms in total. The third kappa shape index (κ3) is 18.3. The van der Waals surface area contributed by atoms with Crippen LogP contribution in [0.15, 0.2) is 48.5 Å². The molecule has 2 fully saturated rings. The van der Waals surface area contributed by atoms with E-state index in [4.69, 9.17) is 28.4 Å². The first-order valence-electron chi connectivity index (χ1n) is 24.4. The van der Waals surface area contributed by atoms with E-state index in [1.54, 1.807) is 38.1 Å². The van der Waals surface area contributed by atoms with E-state index in [9.17, 15) is 19.2 Å². The number of benzene rings is 2. The van der Waals surface area contributed by atoms with E-state index >= 15 is 0 Å². The Morgan fingerprint density at radius 3 is 1.06 bits per heavy atom. The Morgan fingerprint density at radius 1 is 0.435 bits per heavy atom. The van der Waals surface area contributed by atoms with Crippen LogP contribution < -0.4 is 9.47 Å². The molecule has 2 atom stereocenters. The standard InChI is InChI=1S/C52H78O10/c1-5-9-11-15-39-19-23-41(24-20-39)17-13-37-57-45-31-27-43(28-32-45)49(53)61-47(51(55)59-35-7-3)48(52(56)60-36-8-4)62-50(54)44-29-33-46(34-30-44)58-38-14-18-42-25-21-40(22-26-42)16-12-10-6-2/h27-34,39-42,47-48H,5-26,35-38H2,1-4H3/t39?,40?,41?,42?,47-,48-/m1/s1. The van der Waals surface area contributed by atoms with Crippen LogP contribution in [0.1, 0.15) is 190 Å². The normalized spacial score (nSPS) is 19.7. The molecule has 4 rings (SSSR count). The monoisotopic (exact) mass is 863 g/mol. The Bertz CT molecular complexity index is 1440. The predicted octanol–water partition coefficient (Wildman–Crippen LogP) is 12.4. The topological polar surface area (TPSA) is 124 Å². The van der Waals surface area contributed by atoms with Gasteiger partial charge in [-0.15, -0.1) is 0 Å². The first-order chi connectivity index (χ1) is 30.2. The average molecular weight is 863 g/mol. The molecule has 0 bridgehead atoms. The van der Waals surface area contributed by atoms with Crippen molar-refractivity contribution >= 4 is 23.9 Å². The van der Waals surface area contributed by atoms with E-state index in [-0.39, 0.29) is 24.3 Å². The molecule has 2 aliphatic rings. The molecule has 346 valence electrons. The molecule has 2 aliphatic carbocycles. The second-order valence-corrected chi connectivity index (χ2v) is 17.8. The van der Waals surface area contributed by atoms with Crippen LogP contribution in [-0.4, -0.2) is 62.5 Å². The second kappa shape index (κ2) is 29.3. The molecule has 0 heterocycles. The summed E-state index contributed by atoms with van der Waals surface area (Å²) in [7, 11) is 0. The van der Waals surface area contributed by atoms with Crippen LogP contribution in [-0.2, 0) is 28.5 Å². The van der Waals surface area contributed by atoms with Gasteiger partial charge in [-0.25, -0.2) is 19.2 Å². The largest absolute Gasteiger partial charge is 0.494 e. The molecular formula is C52H78O10. The lowest BCUT2D eigenvalue weighted by Gasteiger charge is -2.28. The van der Waals surface area contributed by atoms with Crippen LogP contribution in [0.5, 0.6) is 11.5 Å². The van der Waals surface area contributed by atoms with Crippen LogP contribution in [0.25, 0.3) is 0 Å². The molecule has 0 aliphatic heterocycles. The van der Waals surface area contributed by atoms with Crippen molar-refractivity contribution in [1.82, 2.24) is 0 Å². The van der Waals surface area contributed by atoms with Crippen LogP contribution in [0.3, 0.4) is 0 Å². The minimum atomic E-state index is -1.91. The zero-order valence-electron chi connectivity index (χ0n) is 38.6. The van der Waals surface area contributed by atoms with Gasteiger partial charge in [-0.2, -0.15) is 0 Å². The lowest BCUT2D eigenvalue weighted by atomic mass is 9.78. The smallest absolute Gasteiger partial charge is 0.352 e. The van der Waals surface area contributed by atoms with Gasteiger partial charge in [0.15, 0.2) is 0 Å². The van der Waals surface area contributed by atoms with E-state index in [0.717, 1.165) is 49.4 Å². The maximum absolute atomic E-state index is 13.5. The molecular weight excluding hydrogens is 785 g/mol. The quantitative estimate of drug-likeness (QED) is 0.0443. The van der Waals surface area contributed by atoms with Gasteiger partial charge in [0.2, 0.25) is 12.2 Å². The van der Waals surface area contributed by atoms with Gasteiger partial charge in [0.1, 0.15) is 11.5 Å². The van der Waals surface area contributed by atoms with Gasteiger partial charge in [-0.1, -0.05) is 130 Å². The van der Waals surface area contributed by atoms with Gasteiger partial charge < -0.3 is 28.4 Å². The zero-order valence-corrected chi connectivity index (χ0v) is 38.6. The fraction of sp³-hybridized carbons (Fsp3) is 0.692. The van der Waals surface area contributed by atoms with E-state index < -0.39 is 36.1 Å². The van der Waals surface area contributed by atoms with Crippen molar-refractivity contribution in [3.63, 3.8) is 0 Å². The minimum absolute atomic E-state index is 0.00557. The summed E-state index contributed by atoms with van der Waals surface area (Å²) in [5.41, 5.74) is 0.239. The van der Waals surface area contributed by atoms with Crippen molar-refractivity contribution in [1.29, 1.82) is 0 Å². The van der Waals surface area contributed by atoms with Crippen LogP contribution in [0.4, 0.5) is 0 Å². The first kappa shape index (κ1) is 50.6. The van der Waals surface area contributed by atoms with Gasteiger partial charge in [0.25, 0.3) is 0 Å². The Morgan fingerprint density at radius 2 is 0.758 bits per heavy atom.